The van der Waals surface area contributed by atoms with Crippen molar-refractivity contribution >= 4 is 23.2 Å². The van der Waals surface area contributed by atoms with Crippen LogP contribution in [0.1, 0.15) is 30.0 Å². The van der Waals surface area contributed by atoms with Crippen LogP contribution >= 0.6 is 23.2 Å². The maximum absolute atomic E-state index is 6.13. The molecule has 0 aliphatic carbocycles. The topological polar surface area (TPSA) is 30.5 Å². The van der Waals surface area contributed by atoms with Gasteiger partial charge in [0.25, 0.3) is 0 Å². The van der Waals surface area contributed by atoms with Crippen LogP contribution in [0.2, 0.25) is 10.0 Å². The maximum atomic E-state index is 6.13. The highest BCUT2D eigenvalue weighted by atomic mass is 35.5. The molecule has 0 fully saturated rings. The Labute approximate surface area is 188 Å². The number of rotatable bonds is 10. The molecule has 0 amide bonds. The molecule has 0 radical (unpaired) electrons. The summed E-state index contributed by atoms with van der Waals surface area (Å²) in [6.07, 6.45) is 2.11. The Balaban J connectivity index is 1.62. The molecular weight excluding hydrogens is 417 g/mol. The van der Waals surface area contributed by atoms with Crippen molar-refractivity contribution < 1.29 is 9.47 Å². The fourth-order valence-electron chi connectivity index (χ4n) is 3.22. The van der Waals surface area contributed by atoms with Gasteiger partial charge < -0.3 is 14.8 Å². The van der Waals surface area contributed by atoms with E-state index in [1.54, 1.807) is 13.2 Å². The van der Waals surface area contributed by atoms with Crippen LogP contribution in [0.15, 0.2) is 66.7 Å². The molecular formula is C25H27Cl2NO2. The number of ether oxygens (including phenoxy) is 2. The Morgan fingerprint density at radius 1 is 0.900 bits per heavy atom. The van der Waals surface area contributed by atoms with Gasteiger partial charge in [0.15, 0.2) is 11.5 Å². The summed E-state index contributed by atoms with van der Waals surface area (Å²) in [5.74, 6) is 1.46. The predicted octanol–water partition coefficient (Wildman–Crippen LogP) is 6.69. The Morgan fingerprint density at radius 2 is 1.70 bits per heavy atom. The van der Waals surface area contributed by atoms with E-state index in [0.717, 1.165) is 29.7 Å². The molecule has 1 atom stereocenters. The van der Waals surface area contributed by atoms with Gasteiger partial charge in [-0.2, -0.15) is 0 Å². The van der Waals surface area contributed by atoms with Crippen LogP contribution in [0.5, 0.6) is 11.5 Å². The van der Waals surface area contributed by atoms with Crippen LogP contribution in [0.25, 0.3) is 0 Å². The highest BCUT2D eigenvalue weighted by Crippen LogP contribution is 2.32. The summed E-state index contributed by atoms with van der Waals surface area (Å²) in [7, 11) is 1.65. The fraction of sp³-hybridized carbons (Fsp3) is 0.280. The number of hydrogen-bond donors (Lipinski definition) is 1. The van der Waals surface area contributed by atoms with Gasteiger partial charge >= 0.3 is 0 Å². The smallest absolute Gasteiger partial charge is 0.166 e. The third-order valence-electron chi connectivity index (χ3n) is 5.00. The van der Waals surface area contributed by atoms with E-state index in [1.807, 2.05) is 30.3 Å². The normalized spacial score (nSPS) is 11.9. The lowest BCUT2D eigenvalue weighted by Gasteiger charge is -2.18. The van der Waals surface area contributed by atoms with E-state index in [-0.39, 0.29) is 0 Å². The van der Waals surface area contributed by atoms with Gasteiger partial charge in [-0.1, -0.05) is 71.7 Å². The lowest BCUT2D eigenvalue weighted by Crippen LogP contribution is -2.26. The van der Waals surface area contributed by atoms with Crippen molar-refractivity contribution in [2.24, 2.45) is 0 Å². The van der Waals surface area contributed by atoms with Crippen molar-refractivity contribution in [3.8, 4) is 11.5 Å². The average molecular weight is 444 g/mol. The van der Waals surface area contributed by atoms with Crippen molar-refractivity contribution in [1.82, 2.24) is 5.32 Å². The number of methoxy groups -OCH3 is 1. The highest BCUT2D eigenvalue weighted by molar-refractivity contribution is 6.42. The van der Waals surface area contributed by atoms with Crippen LogP contribution in [0.4, 0.5) is 0 Å². The first kappa shape index (κ1) is 22.5. The molecule has 0 aliphatic heterocycles. The Morgan fingerprint density at radius 3 is 2.43 bits per heavy atom. The average Bonchev–Trinajstić information content (AvgIpc) is 2.77. The Bertz CT molecular complexity index is 947. The monoisotopic (exact) mass is 443 g/mol. The molecule has 0 unspecified atom stereocenters. The summed E-state index contributed by atoms with van der Waals surface area (Å²) in [4.78, 5) is 0. The quantitative estimate of drug-likeness (QED) is 0.378. The van der Waals surface area contributed by atoms with Crippen molar-refractivity contribution in [2.45, 2.75) is 39.0 Å². The SMILES string of the molecule is COc1cccc(CN[C@@H](C)CCc2ccccc2)c1OCc1ccc(Cl)c(Cl)c1. The van der Waals surface area contributed by atoms with Crippen LogP contribution in [0.3, 0.4) is 0 Å². The van der Waals surface area contributed by atoms with Gasteiger partial charge in [-0.25, -0.2) is 0 Å². The number of hydrogen-bond acceptors (Lipinski definition) is 3. The summed E-state index contributed by atoms with van der Waals surface area (Å²) >= 11 is 12.1. The molecule has 0 aliphatic rings. The van der Waals surface area contributed by atoms with Crippen molar-refractivity contribution in [1.29, 1.82) is 0 Å². The first-order chi connectivity index (χ1) is 14.6. The van der Waals surface area contributed by atoms with Gasteiger partial charge in [-0.05, 0) is 49.1 Å². The van der Waals surface area contributed by atoms with Crippen LogP contribution in [-0.4, -0.2) is 13.2 Å². The second-order valence-corrected chi connectivity index (χ2v) is 8.11. The lowest BCUT2D eigenvalue weighted by molar-refractivity contribution is 0.280. The standard InChI is InChI=1S/C25H27Cl2NO2/c1-18(11-12-19-7-4-3-5-8-19)28-16-21-9-6-10-24(29-2)25(21)30-17-20-13-14-22(26)23(27)15-20/h3-10,13-15,18,28H,11-12,16-17H2,1-2H3/t18-/m0/s1. The molecule has 3 aromatic rings. The summed E-state index contributed by atoms with van der Waals surface area (Å²) in [5, 5.41) is 4.66. The van der Waals surface area contributed by atoms with E-state index in [4.69, 9.17) is 32.7 Å². The van der Waals surface area contributed by atoms with E-state index >= 15 is 0 Å². The van der Waals surface area contributed by atoms with E-state index in [0.29, 0.717) is 35.0 Å². The molecule has 0 saturated heterocycles. The lowest BCUT2D eigenvalue weighted by atomic mass is 10.1. The zero-order valence-corrected chi connectivity index (χ0v) is 18.8. The third-order valence-corrected chi connectivity index (χ3v) is 5.74. The number of halogens is 2. The molecule has 0 aromatic heterocycles. The summed E-state index contributed by atoms with van der Waals surface area (Å²) in [5.41, 5.74) is 3.37. The van der Waals surface area contributed by atoms with E-state index < -0.39 is 0 Å². The second kappa shape index (κ2) is 11.3. The van der Waals surface area contributed by atoms with Gasteiger partial charge in [0, 0.05) is 18.2 Å². The highest BCUT2D eigenvalue weighted by Gasteiger charge is 2.13. The van der Waals surface area contributed by atoms with Crippen LogP contribution in [-0.2, 0) is 19.6 Å². The number of benzene rings is 3. The predicted molar refractivity (Wildman–Crippen MR) is 125 cm³/mol. The fourth-order valence-corrected chi connectivity index (χ4v) is 3.54. The largest absolute Gasteiger partial charge is 0.493 e. The minimum atomic E-state index is 0.374. The molecule has 30 heavy (non-hydrogen) atoms. The van der Waals surface area contributed by atoms with Gasteiger partial charge in [0.05, 0.1) is 17.2 Å². The first-order valence-electron chi connectivity index (χ1n) is 10.1. The van der Waals surface area contributed by atoms with Crippen LogP contribution < -0.4 is 14.8 Å². The summed E-state index contributed by atoms with van der Waals surface area (Å²) in [6, 6.07) is 22.4. The summed E-state index contributed by atoms with van der Waals surface area (Å²) < 4.78 is 11.7. The minimum absolute atomic E-state index is 0.374. The third kappa shape index (κ3) is 6.40. The molecule has 0 bridgehead atoms. The number of para-hydroxylation sites is 1. The van der Waals surface area contributed by atoms with Crippen molar-refractivity contribution in [2.75, 3.05) is 7.11 Å². The zero-order valence-electron chi connectivity index (χ0n) is 17.3. The van der Waals surface area contributed by atoms with Gasteiger partial charge in [0.2, 0.25) is 0 Å². The first-order valence-corrected chi connectivity index (χ1v) is 10.8. The molecule has 3 rings (SSSR count). The second-order valence-electron chi connectivity index (χ2n) is 7.29. The molecule has 3 nitrogen and oxygen atoms in total. The molecule has 158 valence electrons. The molecule has 5 heteroatoms. The number of nitrogens with one attached hydrogen (secondary N) is 1. The molecule has 1 N–H and O–H groups in total. The molecule has 0 saturated carbocycles. The molecule has 0 spiro atoms. The van der Waals surface area contributed by atoms with Crippen LogP contribution in [0, 0.1) is 0 Å². The van der Waals surface area contributed by atoms with Gasteiger partial charge in [-0.3, -0.25) is 0 Å². The Hall–Kier alpha value is -2.20. The van der Waals surface area contributed by atoms with Crippen molar-refractivity contribution in [3.05, 3.63) is 93.5 Å². The van der Waals surface area contributed by atoms with Gasteiger partial charge in [-0.15, -0.1) is 0 Å². The van der Waals surface area contributed by atoms with E-state index in [1.165, 1.54) is 5.56 Å². The van der Waals surface area contributed by atoms with E-state index in [2.05, 4.69) is 42.6 Å². The number of aryl methyl sites for hydroxylation is 1. The minimum Gasteiger partial charge on any atom is -0.493 e. The maximum Gasteiger partial charge on any atom is 0.166 e. The van der Waals surface area contributed by atoms with Gasteiger partial charge in [0.1, 0.15) is 6.61 Å². The molecule has 0 heterocycles. The van der Waals surface area contributed by atoms with Crippen molar-refractivity contribution in [3.63, 3.8) is 0 Å². The Kier molecular flexibility index (Phi) is 8.44. The van der Waals surface area contributed by atoms with E-state index in [9.17, 15) is 0 Å². The summed E-state index contributed by atoms with van der Waals surface area (Å²) in [6.45, 7) is 3.29. The zero-order chi connectivity index (χ0) is 21.3. The molecule has 3 aromatic carbocycles.